The Morgan fingerprint density at radius 2 is 1.73 bits per heavy atom. The molecule has 5 rings (SSSR count). The third-order valence-corrected chi connectivity index (χ3v) is 8.88. The van der Waals surface area contributed by atoms with Gasteiger partial charge in [0, 0.05) is 60.3 Å². The number of halogens is 1. The van der Waals surface area contributed by atoms with Crippen LogP contribution in [0.15, 0.2) is 36.4 Å². The number of fused-ring (bicyclic) bond motifs is 1. The summed E-state index contributed by atoms with van der Waals surface area (Å²) in [4.78, 5) is 21.7. The van der Waals surface area contributed by atoms with Crippen molar-refractivity contribution >= 4 is 23.3 Å². The van der Waals surface area contributed by atoms with E-state index in [2.05, 4.69) is 61.8 Å². The number of hydrogen-bond acceptors (Lipinski definition) is 5. The van der Waals surface area contributed by atoms with Gasteiger partial charge in [0.05, 0.1) is 17.7 Å². The highest BCUT2D eigenvalue weighted by molar-refractivity contribution is 6.31. The maximum atomic E-state index is 12.0. The van der Waals surface area contributed by atoms with Gasteiger partial charge in [-0.05, 0) is 100 Å². The van der Waals surface area contributed by atoms with Gasteiger partial charge in [-0.1, -0.05) is 55.8 Å². The summed E-state index contributed by atoms with van der Waals surface area (Å²) in [6.45, 7) is 20.6. The minimum atomic E-state index is -0.813. The molecule has 0 amide bonds. The number of carboxylic acid groups (broad SMARTS) is 1. The molecule has 0 unspecified atom stereocenters. The molecule has 0 atom stereocenters. The first-order chi connectivity index (χ1) is 20.5. The average Bonchev–Trinajstić information content (AvgIpc) is 2.90. The van der Waals surface area contributed by atoms with Crippen LogP contribution < -0.4 is 4.90 Å². The van der Waals surface area contributed by atoms with Gasteiger partial charge in [-0.2, -0.15) is 0 Å². The number of carbonyl (C=O) groups is 1. The van der Waals surface area contributed by atoms with Crippen molar-refractivity contribution in [1.29, 1.82) is 0 Å². The lowest BCUT2D eigenvalue weighted by Crippen LogP contribution is -2.41. The van der Waals surface area contributed by atoms with E-state index in [1.165, 1.54) is 28.7 Å². The van der Waals surface area contributed by atoms with Crippen molar-refractivity contribution in [2.24, 2.45) is 5.41 Å². The van der Waals surface area contributed by atoms with Crippen molar-refractivity contribution in [2.45, 2.75) is 99.8 Å². The number of aliphatic hydroxyl groups is 1. The van der Waals surface area contributed by atoms with E-state index in [-0.39, 0.29) is 11.8 Å². The van der Waals surface area contributed by atoms with Crippen molar-refractivity contribution in [2.75, 3.05) is 24.5 Å². The Labute approximate surface area is 269 Å². The highest BCUT2D eigenvalue weighted by Crippen LogP contribution is 2.42. The number of anilines is 1. The number of aryl methyl sites for hydroxylation is 3. The number of pyridine rings is 1. The second-order valence-corrected chi connectivity index (χ2v) is 14.8. The lowest BCUT2D eigenvalue weighted by molar-refractivity contribution is -0.136. The number of benzene rings is 2. The normalized spacial score (nSPS) is 16.6. The fourth-order valence-corrected chi connectivity index (χ4v) is 6.81. The van der Waals surface area contributed by atoms with Gasteiger partial charge in [-0.15, -0.1) is 0 Å². The summed E-state index contributed by atoms with van der Waals surface area (Å²) < 4.78 is 0. The molecule has 2 N–H and O–H groups in total. The summed E-state index contributed by atoms with van der Waals surface area (Å²) in [6, 6.07) is 12.9. The van der Waals surface area contributed by atoms with E-state index in [0.29, 0.717) is 0 Å². The summed E-state index contributed by atoms with van der Waals surface area (Å²) in [5.41, 5.74) is 10.8. The van der Waals surface area contributed by atoms with E-state index in [4.69, 9.17) is 21.7 Å². The Hall–Kier alpha value is -2.93. The molecule has 1 saturated heterocycles. The third kappa shape index (κ3) is 8.62. The fraction of sp³-hybridized carbons (Fsp3) is 0.514. The first-order valence-electron chi connectivity index (χ1n) is 15.8. The van der Waals surface area contributed by atoms with Crippen LogP contribution in [0.5, 0.6) is 0 Å². The van der Waals surface area contributed by atoms with E-state index in [1.54, 1.807) is 20.8 Å². The van der Waals surface area contributed by atoms with Crippen LogP contribution in [0.1, 0.15) is 86.7 Å². The summed E-state index contributed by atoms with van der Waals surface area (Å²) in [7, 11) is 0. The Morgan fingerprint density at radius 3 is 2.36 bits per heavy atom. The van der Waals surface area contributed by atoms with Gasteiger partial charge in [0.25, 0.3) is 0 Å². The topological polar surface area (TPSA) is 76.9 Å². The molecular formula is C37H50ClN3O3. The zero-order valence-corrected chi connectivity index (χ0v) is 28.6. The van der Waals surface area contributed by atoms with Crippen LogP contribution >= 0.6 is 11.6 Å². The molecule has 0 bridgehead atoms. The number of hydrogen-bond donors (Lipinski definition) is 2. The Balaban J connectivity index is 0.000000818. The lowest BCUT2D eigenvalue weighted by atomic mass is 9.82. The first-order valence-corrected chi connectivity index (χ1v) is 16.2. The van der Waals surface area contributed by atoms with Crippen molar-refractivity contribution in [3.05, 3.63) is 80.6 Å². The predicted molar refractivity (Wildman–Crippen MR) is 182 cm³/mol. The molecule has 0 spiro atoms. The highest BCUT2D eigenvalue weighted by atomic mass is 35.5. The van der Waals surface area contributed by atoms with Gasteiger partial charge >= 0.3 is 5.97 Å². The average molecular weight is 620 g/mol. The van der Waals surface area contributed by atoms with Crippen LogP contribution in [-0.4, -0.2) is 51.3 Å². The number of rotatable bonds is 6. The molecule has 2 aromatic carbocycles. The Morgan fingerprint density at radius 1 is 1.02 bits per heavy atom. The third-order valence-electron chi connectivity index (χ3n) is 8.52. The van der Waals surface area contributed by atoms with E-state index >= 15 is 0 Å². The lowest BCUT2D eigenvalue weighted by Gasteiger charge is -2.41. The molecule has 238 valence electrons. The molecule has 1 aromatic heterocycles. The monoisotopic (exact) mass is 619 g/mol. The van der Waals surface area contributed by atoms with Crippen LogP contribution in [0.4, 0.5) is 5.69 Å². The molecule has 2 aliphatic rings. The number of aliphatic carboxylic acids is 1. The molecule has 7 heteroatoms. The van der Waals surface area contributed by atoms with Gasteiger partial charge in [-0.3, -0.25) is 14.7 Å². The SMILES string of the molecule is CC(C)(C)O.Cc1cccc(Cl)c1CN1CCc2cc(-c3c(C)nc(C)c(CC(=O)O)c3N3CCCC(C)(C)C3)ccc2C1. The molecule has 2 aliphatic heterocycles. The summed E-state index contributed by atoms with van der Waals surface area (Å²) >= 11 is 6.53. The maximum absolute atomic E-state index is 12.0. The smallest absolute Gasteiger partial charge is 0.307 e. The van der Waals surface area contributed by atoms with Crippen molar-refractivity contribution in [3.8, 4) is 11.1 Å². The minimum Gasteiger partial charge on any atom is -0.481 e. The molecule has 0 radical (unpaired) electrons. The largest absolute Gasteiger partial charge is 0.481 e. The van der Waals surface area contributed by atoms with E-state index in [1.807, 2.05) is 19.1 Å². The van der Waals surface area contributed by atoms with E-state index < -0.39 is 11.6 Å². The zero-order chi connectivity index (χ0) is 32.4. The second-order valence-electron chi connectivity index (χ2n) is 14.4. The molecule has 44 heavy (non-hydrogen) atoms. The van der Waals surface area contributed by atoms with Gasteiger partial charge in [0.15, 0.2) is 0 Å². The standard InChI is InChI=1S/C33H40ClN3O2.C4H10O/c1-21-8-6-9-29(34)28(21)19-36-15-12-24-16-25(10-11-26(24)18-36)31-23(3)35-22(2)27(17-30(38)39)32(31)37-14-7-13-33(4,5)20-37;1-4(2,3)5/h6,8-11,16H,7,12-15,17-20H2,1-5H3,(H,38,39);5H,1-3H3. The number of piperidine rings is 1. The molecule has 3 aromatic rings. The van der Waals surface area contributed by atoms with Crippen LogP contribution in [0.3, 0.4) is 0 Å². The van der Waals surface area contributed by atoms with E-state index in [0.717, 1.165) is 84.4 Å². The number of carboxylic acids is 1. The number of nitrogens with zero attached hydrogens (tertiary/aromatic N) is 3. The summed E-state index contributed by atoms with van der Waals surface area (Å²) in [6.07, 6.45) is 3.24. The van der Waals surface area contributed by atoms with Gasteiger partial charge in [0.2, 0.25) is 0 Å². The molecule has 3 heterocycles. The quantitative estimate of drug-likeness (QED) is 0.292. The van der Waals surface area contributed by atoms with Gasteiger partial charge in [0.1, 0.15) is 0 Å². The maximum Gasteiger partial charge on any atom is 0.307 e. The van der Waals surface area contributed by atoms with Crippen molar-refractivity contribution < 1.29 is 15.0 Å². The number of aromatic nitrogens is 1. The van der Waals surface area contributed by atoms with Crippen LogP contribution in [0.2, 0.25) is 5.02 Å². The summed E-state index contributed by atoms with van der Waals surface area (Å²) in [5.74, 6) is -0.813. The Kier molecular flexibility index (Phi) is 10.5. The molecule has 0 saturated carbocycles. The zero-order valence-electron chi connectivity index (χ0n) is 27.9. The second kappa shape index (κ2) is 13.6. The summed E-state index contributed by atoms with van der Waals surface area (Å²) in [5, 5.41) is 19.2. The predicted octanol–water partition coefficient (Wildman–Crippen LogP) is 7.92. The van der Waals surface area contributed by atoms with Gasteiger partial charge < -0.3 is 15.1 Å². The highest BCUT2D eigenvalue weighted by Gasteiger charge is 2.31. The first kappa shape index (κ1) is 34.0. The molecule has 1 fully saturated rings. The molecule has 6 nitrogen and oxygen atoms in total. The fourth-order valence-electron chi connectivity index (χ4n) is 6.53. The molecule has 0 aliphatic carbocycles. The molecular weight excluding hydrogens is 570 g/mol. The van der Waals surface area contributed by atoms with E-state index in [9.17, 15) is 9.90 Å². The van der Waals surface area contributed by atoms with Crippen molar-refractivity contribution in [3.63, 3.8) is 0 Å². The Bertz CT molecular complexity index is 1480. The van der Waals surface area contributed by atoms with Crippen LogP contribution in [0, 0.1) is 26.2 Å². The van der Waals surface area contributed by atoms with Gasteiger partial charge in [-0.25, -0.2) is 0 Å². The van der Waals surface area contributed by atoms with Crippen molar-refractivity contribution in [1.82, 2.24) is 9.88 Å². The van der Waals surface area contributed by atoms with Crippen LogP contribution in [-0.2, 0) is 30.7 Å². The minimum absolute atomic E-state index is 0.0141. The van der Waals surface area contributed by atoms with Crippen LogP contribution in [0.25, 0.3) is 11.1 Å².